The number of aromatic nitrogens is 3. The van der Waals surface area contributed by atoms with Crippen LogP contribution in [-0.2, 0) is 11.2 Å². The Morgan fingerprint density at radius 2 is 1.82 bits per heavy atom. The first-order chi connectivity index (χ1) is 13.8. The molecule has 28 heavy (non-hydrogen) atoms. The summed E-state index contributed by atoms with van der Waals surface area (Å²) >= 11 is 0. The van der Waals surface area contributed by atoms with Gasteiger partial charge >= 0.3 is 0 Å². The Labute approximate surface area is 164 Å². The lowest BCUT2D eigenvalue weighted by atomic mass is 9.92. The van der Waals surface area contributed by atoms with Gasteiger partial charge in [0.15, 0.2) is 5.65 Å². The molecule has 1 aromatic carbocycles. The van der Waals surface area contributed by atoms with E-state index in [1.54, 1.807) is 0 Å². The number of pyridine rings is 1. The van der Waals surface area contributed by atoms with Crippen LogP contribution in [0, 0.1) is 5.92 Å². The van der Waals surface area contributed by atoms with E-state index in [0.717, 1.165) is 61.6 Å². The van der Waals surface area contributed by atoms with Gasteiger partial charge in [0.1, 0.15) is 11.6 Å². The van der Waals surface area contributed by atoms with Crippen molar-refractivity contribution in [3.05, 3.63) is 60.0 Å². The maximum atomic E-state index is 13.2. The fraction of sp³-hybridized carbons (Fsp3) is 0.409. The molecule has 144 valence electrons. The Morgan fingerprint density at radius 3 is 2.71 bits per heavy atom. The van der Waals surface area contributed by atoms with Crippen molar-refractivity contribution in [2.45, 2.75) is 31.6 Å². The van der Waals surface area contributed by atoms with Crippen LogP contribution in [0.3, 0.4) is 0 Å². The summed E-state index contributed by atoms with van der Waals surface area (Å²) in [6.07, 6.45) is 5.43. The van der Waals surface area contributed by atoms with Crippen LogP contribution in [0.2, 0.25) is 0 Å². The van der Waals surface area contributed by atoms with Gasteiger partial charge in [0, 0.05) is 31.1 Å². The lowest BCUT2D eigenvalue weighted by Crippen LogP contribution is -2.42. The van der Waals surface area contributed by atoms with Crippen molar-refractivity contribution in [1.29, 1.82) is 0 Å². The molecular weight excluding hydrogens is 352 g/mol. The number of likely N-dealkylation sites (tertiary alicyclic amines) is 1. The van der Waals surface area contributed by atoms with Crippen molar-refractivity contribution in [2.75, 3.05) is 19.7 Å². The van der Waals surface area contributed by atoms with Crippen LogP contribution >= 0.6 is 0 Å². The first-order valence-corrected chi connectivity index (χ1v) is 10.1. The topological polar surface area (TPSA) is 59.7 Å². The Balaban J connectivity index is 1.26. The summed E-state index contributed by atoms with van der Waals surface area (Å²) in [5, 5.41) is 8.68. The molecule has 0 radical (unpaired) electrons. The summed E-state index contributed by atoms with van der Waals surface area (Å²) in [6.45, 7) is 2.17. The van der Waals surface area contributed by atoms with Crippen LogP contribution < -0.4 is 4.74 Å². The Bertz CT molecular complexity index is 991. The summed E-state index contributed by atoms with van der Waals surface area (Å²) in [4.78, 5) is 15.2. The lowest BCUT2D eigenvalue weighted by molar-refractivity contribution is -0.137. The van der Waals surface area contributed by atoms with Gasteiger partial charge in [-0.25, -0.2) is 0 Å². The number of ether oxygens (including phenoxy) is 1. The number of rotatable bonds is 2. The predicted molar refractivity (Wildman–Crippen MR) is 105 cm³/mol. The molecule has 4 heterocycles. The van der Waals surface area contributed by atoms with Gasteiger partial charge in [-0.1, -0.05) is 24.3 Å². The molecule has 2 aromatic heterocycles. The molecule has 5 rings (SSSR count). The van der Waals surface area contributed by atoms with Crippen LogP contribution in [0.4, 0.5) is 0 Å². The molecule has 0 saturated carbocycles. The molecule has 0 bridgehead atoms. The number of piperidine rings is 1. The lowest BCUT2D eigenvalue weighted by Gasteiger charge is -2.33. The normalized spacial score (nSPS) is 20.4. The third kappa shape index (κ3) is 3.13. The Hall–Kier alpha value is -2.89. The molecule has 1 saturated heterocycles. The number of fused-ring (bicyclic) bond motifs is 2. The van der Waals surface area contributed by atoms with E-state index in [-0.39, 0.29) is 11.8 Å². The second-order valence-corrected chi connectivity index (χ2v) is 7.73. The van der Waals surface area contributed by atoms with Gasteiger partial charge in [0.2, 0.25) is 5.91 Å². The van der Waals surface area contributed by atoms with Crippen LogP contribution in [0.5, 0.6) is 5.75 Å². The molecule has 6 heteroatoms. The van der Waals surface area contributed by atoms with Crippen LogP contribution in [0.25, 0.3) is 5.65 Å². The third-order valence-electron chi connectivity index (χ3n) is 6.02. The number of benzene rings is 1. The monoisotopic (exact) mass is 376 g/mol. The number of carbonyl (C=O) groups is 1. The zero-order valence-corrected chi connectivity index (χ0v) is 15.8. The highest BCUT2D eigenvalue weighted by molar-refractivity contribution is 5.79. The molecule has 0 N–H and O–H groups in total. The minimum atomic E-state index is 0.00845. The molecule has 0 spiro atoms. The van der Waals surface area contributed by atoms with Crippen LogP contribution in [0.1, 0.15) is 36.6 Å². The van der Waals surface area contributed by atoms with E-state index < -0.39 is 0 Å². The minimum absolute atomic E-state index is 0.00845. The molecule has 3 aromatic rings. The van der Waals surface area contributed by atoms with E-state index in [9.17, 15) is 4.79 Å². The summed E-state index contributed by atoms with van der Waals surface area (Å²) < 4.78 is 7.91. The number of nitrogens with zero attached hydrogens (tertiary/aromatic N) is 4. The van der Waals surface area contributed by atoms with E-state index in [1.807, 2.05) is 47.5 Å². The van der Waals surface area contributed by atoms with Gasteiger partial charge in [0.25, 0.3) is 0 Å². The van der Waals surface area contributed by atoms with Crippen molar-refractivity contribution >= 4 is 11.6 Å². The molecule has 6 nitrogen and oxygen atoms in total. The first kappa shape index (κ1) is 17.2. The molecular formula is C22H24N4O2. The van der Waals surface area contributed by atoms with Crippen molar-refractivity contribution in [3.63, 3.8) is 0 Å². The second-order valence-electron chi connectivity index (χ2n) is 7.73. The second kappa shape index (κ2) is 7.26. The largest absolute Gasteiger partial charge is 0.493 e. The highest BCUT2D eigenvalue weighted by atomic mass is 16.5. The quantitative estimate of drug-likeness (QED) is 0.690. The maximum Gasteiger partial charge on any atom is 0.226 e. The first-order valence-electron chi connectivity index (χ1n) is 10.1. The Kier molecular flexibility index (Phi) is 4.47. The van der Waals surface area contributed by atoms with E-state index in [1.165, 1.54) is 0 Å². The van der Waals surface area contributed by atoms with E-state index in [4.69, 9.17) is 4.74 Å². The Morgan fingerprint density at radius 1 is 1.00 bits per heavy atom. The number of hydrogen-bond acceptors (Lipinski definition) is 4. The number of hydrogen-bond donors (Lipinski definition) is 0. The van der Waals surface area contributed by atoms with Crippen molar-refractivity contribution in [2.24, 2.45) is 5.92 Å². The van der Waals surface area contributed by atoms with Gasteiger partial charge in [-0.15, -0.1) is 10.2 Å². The summed E-state index contributed by atoms with van der Waals surface area (Å²) in [5.41, 5.74) is 2.02. The van der Waals surface area contributed by atoms with Crippen molar-refractivity contribution in [3.8, 4) is 5.75 Å². The fourth-order valence-electron chi connectivity index (χ4n) is 4.46. The summed E-state index contributed by atoms with van der Waals surface area (Å²) in [6, 6.07) is 14.0. The molecule has 1 atom stereocenters. The molecule has 1 unspecified atom stereocenters. The zero-order valence-electron chi connectivity index (χ0n) is 15.8. The average molecular weight is 376 g/mol. The van der Waals surface area contributed by atoms with Crippen LogP contribution in [0.15, 0.2) is 48.7 Å². The molecule has 1 amide bonds. The van der Waals surface area contributed by atoms with Crippen LogP contribution in [-0.4, -0.2) is 45.1 Å². The van der Waals surface area contributed by atoms with E-state index >= 15 is 0 Å². The number of carbonyl (C=O) groups excluding carboxylic acids is 1. The van der Waals surface area contributed by atoms with Gasteiger partial charge in [-0.05, 0) is 49.4 Å². The predicted octanol–water partition coefficient (Wildman–Crippen LogP) is 3.08. The molecule has 0 aliphatic carbocycles. The van der Waals surface area contributed by atoms with E-state index in [0.29, 0.717) is 12.5 Å². The number of para-hydroxylation sites is 1. The third-order valence-corrected chi connectivity index (χ3v) is 6.02. The van der Waals surface area contributed by atoms with Crippen molar-refractivity contribution < 1.29 is 9.53 Å². The van der Waals surface area contributed by atoms with Gasteiger partial charge in [-0.3, -0.25) is 9.20 Å². The zero-order chi connectivity index (χ0) is 18.9. The summed E-state index contributed by atoms with van der Waals surface area (Å²) in [7, 11) is 0. The molecule has 1 fully saturated rings. The van der Waals surface area contributed by atoms with E-state index in [2.05, 4.69) is 20.7 Å². The molecule has 2 aliphatic heterocycles. The fourth-order valence-corrected chi connectivity index (χ4v) is 4.46. The maximum absolute atomic E-state index is 13.2. The van der Waals surface area contributed by atoms with Crippen molar-refractivity contribution in [1.82, 2.24) is 19.5 Å². The smallest absolute Gasteiger partial charge is 0.226 e. The summed E-state index contributed by atoms with van der Waals surface area (Å²) in [5.74, 6) is 2.56. The van der Waals surface area contributed by atoms with Gasteiger partial charge in [0.05, 0.1) is 6.61 Å². The average Bonchev–Trinajstić information content (AvgIpc) is 3.05. The highest BCUT2D eigenvalue weighted by Crippen LogP contribution is 2.31. The highest BCUT2D eigenvalue weighted by Gasteiger charge is 2.31. The number of amides is 1. The van der Waals surface area contributed by atoms with Gasteiger partial charge in [-0.2, -0.15) is 0 Å². The minimum Gasteiger partial charge on any atom is -0.493 e. The SMILES string of the molecule is O=C(C1CCOc2ccccc2C1)N1CCC(c2nnc3ccccn23)CC1. The standard InChI is InChI=1S/C22H24N4O2/c27-22(18-10-14-28-19-6-2-1-5-17(19)15-18)25-12-8-16(9-13-25)21-24-23-20-7-3-4-11-26(20)21/h1-7,11,16,18H,8-10,12-15H2. The van der Waals surface area contributed by atoms with Gasteiger partial charge < -0.3 is 9.64 Å². The molecule has 2 aliphatic rings.